The fraction of sp³-hybridized carbons (Fsp3) is 0. The summed E-state index contributed by atoms with van der Waals surface area (Å²) in [6, 6.07) is 16.5. The van der Waals surface area contributed by atoms with Crippen LogP contribution < -0.4 is 10.6 Å². The number of benzene rings is 2. The molecular weight excluding hydrogens is 319 g/mol. The summed E-state index contributed by atoms with van der Waals surface area (Å²) in [4.78, 5) is 16.4. The van der Waals surface area contributed by atoms with E-state index in [-0.39, 0.29) is 11.3 Å². The van der Waals surface area contributed by atoms with Crippen LogP contribution in [0.1, 0.15) is 15.9 Å². The number of carbonyl (C=O) groups excluding carboxylic acids is 1. The Balaban J connectivity index is 1.80. The van der Waals surface area contributed by atoms with Crippen molar-refractivity contribution in [3.63, 3.8) is 0 Å². The first-order valence-corrected chi connectivity index (χ1v) is 7.44. The number of nitrogens with zero attached hydrogens (tertiary/aromatic N) is 2. The van der Waals surface area contributed by atoms with Crippen molar-refractivity contribution in [2.75, 3.05) is 10.6 Å². The van der Waals surface area contributed by atoms with Crippen molar-refractivity contribution >= 4 is 23.0 Å². The van der Waals surface area contributed by atoms with Crippen LogP contribution in [0.5, 0.6) is 0 Å². The molecule has 0 fully saturated rings. The van der Waals surface area contributed by atoms with Gasteiger partial charge in [0.1, 0.15) is 11.9 Å². The number of carbonyl (C=O) groups is 1. The Kier molecular flexibility index (Phi) is 4.67. The number of hydrogen-bond acceptors (Lipinski definition) is 4. The molecule has 122 valence electrons. The van der Waals surface area contributed by atoms with Crippen LogP contribution in [0.2, 0.25) is 0 Å². The monoisotopic (exact) mass is 332 g/mol. The SMILES string of the molecule is N#Cc1ccccc1NC(=O)c1cncc(Nc2ccccc2F)c1. The van der Waals surface area contributed by atoms with E-state index in [2.05, 4.69) is 15.6 Å². The molecule has 0 bridgehead atoms. The van der Waals surface area contributed by atoms with Crippen molar-refractivity contribution in [3.8, 4) is 6.07 Å². The van der Waals surface area contributed by atoms with Gasteiger partial charge >= 0.3 is 0 Å². The van der Waals surface area contributed by atoms with Crippen molar-refractivity contribution in [1.82, 2.24) is 4.98 Å². The molecule has 0 atom stereocenters. The zero-order valence-corrected chi connectivity index (χ0v) is 13.0. The Hall–Kier alpha value is -3.72. The molecule has 25 heavy (non-hydrogen) atoms. The number of nitrogens with one attached hydrogen (secondary N) is 2. The van der Waals surface area contributed by atoms with Gasteiger partial charge in [-0.1, -0.05) is 24.3 Å². The summed E-state index contributed by atoms with van der Waals surface area (Å²) in [7, 11) is 0. The minimum atomic E-state index is -0.410. The number of hydrogen-bond donors (Lipinski definition) is 2. The molecule has 2 aromatic carbocycles. The second-order valence-corrected chi connectivity index (χ2v) is 5.18. The highest BCUT2D eigenvalue weighted by atomic mass is 19.1. The van der Waals surface area contributed by atoms with E-state index >= 15 is 0 Å². The van der Waals surface area contributed by atoms with Gasteiger partial charge in [-0.25, -0.2) is 4.39 Å². The number of anilines is 3. The quantitative estimate of drug-likeness (QED) is 0.754. The Morgan fingerprint density at radius 3 is 2.52 bits per heavy atom. The van der Waals surface area contributed by atoms with Gasteiger partial charge in [0.2, 0.25) is 0 Å². The Labute approximate surface area is 143 Å². The van der Waals surface area contributed by atoms with E-state index < -0.39 is 11.7 Å². The second-order valence-electron chi connectivity index (χ2n) is 5.18. The molecule has 5 nitrogen and oxygen atoms in total. The molecule has 0 spiro atoms. The van der Waals surface area contributed by atoms with E-state index in [0.29, 0.717) is 16.9 Å². The molecular formula is C19H13FN4O. The van der Waals surface area contributed by atoms with Gasteiger partial charge in [0.15, 0.2) is 0 Å². The van der Waals surface area contributed by atoms with E-state index in [9.17, 15) is 9.18 Å². The van der Waals surface area contributed by atoms with Crippen LogP contribution in [0.15, 0.2) is 67.0 Å². The van der Waals surface area contributed by atoms with E-state index in [4.69, 9.17) is 5.26 Å². The Bertz CT molecular complexity index is 965. The molecule has 0 saturated carbocycles. The van der Waals surface area contributed by atoms with Crippen molar-refractivity contribution in [2.24, 2.45) is 0 Å². The van der Waals surface area contributed by atoms with E-state index in [1.165, 1.54) is 18.5 Å². The first-order valence-electron chi connectivity index (χ1n) is 7.44. The summed E-state index contributed by atoms with van der Waals surface area (Å²) in [5.41, 5.74) is 1.84. The highest BCUT2D eigenvalue weighted by molar-refractivity contribution is 6.05. The van der Waals surface area contributed by atoms with Gasteiger partial charge < -0.3 is 10.6 Å². The topological polar surface area (TPSA) is 77.8 Å². The fourth-order valence-electron chi connectivity index (χ4n) is 2.23. The maximum Gasteiger partial charge on any atom is 0.257 e. The molecule has 0 aliphatic rings. The smallest absolute Gasteiger partial charge is 0.257 e. The van der Waals surface area contributed by atoms with E-state index in [1.54, 1.807) is 48.5 Å². The molecule has 0 saturated heterocycles. The maximum absolute atomic E-state index is 13.7. The number of aromatic nitrogens is 1. The van der Waals surface area contributed by atoms with Gasteiger partial charge in [-0.05, 0) is 30.3 Å². The summed E-state index contributed by atoms with van der Waals surface area (Å²) < 4.78 is 13.7. The maximum atomic E-state index is 13.7. The number of pyridine rings is 1. The summed E-state index contributed by atoms with van der Waals surface area (Å²) >= 11 is 0. The minimum Gasteiger partial charge on any atom is -0.352 e. The molecule has 1 amide bonds. The predicted molar refractivity (Wildman–Crippen MR) is 93.0 cm³/mol. The van der Waals surface area contributed by atoms with Gasteiger partial charge in [0.25, 0.3) is 5.91 Å². The predicted octanol–water partition coefficient (Wildman–Crippen LogP) is 4.09. The van der Waals surface area contributed by atoms with Gasteiger partial charge in [0, 0.05) is 6.20 Å². The van der Waals surface area contributed by atoms with Crippen molar-refractivity contribution in [3.05, 3.63) is 83.9 Å². The van der Waals surface area contributed by atoms with Crippen LogP contribution in [0.3, 0.4) is 0 Å². The lowest BCUT2D eigenvalue weighted by atomic mass is 10.2. The van der Waals surface area contributed by atoms with Crippen LogP contribution in [0.25, 0.3) is 0 Å². The minimum absolute atomic E-state index is 0.286. The number of halogens is 1. The Morgan fingerprint density at radius 2 is 1.76 bits per heavy atom. The fourth-order valence-corrected chi connectivity index (χ4v) is 2.23. The first-order chi connectivity index (χ1) is 12.2. The molecule has 3 rings (SSSR count). The van der Waals surface area contributed by atoms with E-state index in [0.717, 1.165) is 0 Å². The highest BCUT2D eigenvalue weighted by Crippen LogP contribution is 2.20. The largest absolute Gasteiger partial charge is 0.352 e. The average molecular weight is 332 g/mol. The molecule has 0 aliphatic heterocycles. The van der Waals surface area contributed by atoms with Crippen LogP contribution in [-0.4, -0.2) is 10.9 Å². The highest BCUT2D eigenvalue weighted by Gasteiger charge is 2.10. The molecule has 6 heteroatoms. The third kappa shape index (κ3) is 3.79. The van der Waals surface area contributed by atoms with Crippen LogP contribution in [0, 0.1) is 17.1 Å². The summed E-state index contributed by atoms with van der Waals surface area (Å²) in [6.45, 7) is 0. The number of amides is 1. The normalized spacial score (nSPS) is 9.92. The van der Waals surface area contributed by atoms with Crippen molar-refractivity contribution in [1.29, 1.82) is 5.26 Å². The molecule has 2 N–H and O–H groups in total. The van der Waals surface area contributed by atoms with Crippen LogP contribution in [0.4, 0.5) is 21.5 Å². The van der Waals surface area contributed by atoms with Gasteiger partial charge in [0.05, 0.1) is 34.4 Å². The Morgan fingerprint density at radius 1 is 1.04 bits per heavy atom. The summed E-state index contributed by atoms with van der Waals surface area (Å²) in [5.74, 6) is -0.812. The lowest BCUT2D eigenvalue weighted by molar-refractivity contribution is 0.102. The molecule has 0 radical (unpaired) electrons. The molecule has 1 heterocycles. The zero-order valence-electron chi connectivity index (χ0n) is 13.0. The summed E-state index contributed by atoms with van der Waals surface area (Å²) in [5, 5.41) is 14.6. The summed E-state index contributed by atoms with van der Waals surface area (Å²) in [6.07, 6.45) is 2.89. The average Bonchev–Trinajstić information content (AvgIpc) is 2.64. The van der Waals surface area contributed by atoms with Crippen molar-refractivity contribution < 1.29 is 9.18 Å². The number of nitriles is 1. The first kappa shape index (κ1) is 16.1. The lowest BCUT2D eigenvalue weighted by Crippen LogP contribution is -2.13. The number of para-hydroxylation sites is 2. The van der Waals surface area contributed by atoms with Crippen molar-refractivity contribution in [2.45, 2.75) is 0 Å². The molecule has 1 aromatic heterocycles. The van der Waals surface area contributed by atoms with Crippen LogP contribution >= 0.6 is 0 Å². The van der Waals surface area contributed by atoms with E-state index in [1.807, 2.05) is 6.07 Å². The number of rotatable bonds is 4. The standard InChI is InChI=1S/C19H13FN4O/c20-16-6-2-4-8-18(16)23-15-9-14(11-22-12-15)19(25)24-17-7-3-1-5-13(17)10-21/h1-9,11-12,23H,(H,24,25). The lowest BCUT2D eigenvalue weighted by Gasteiger charge is -2.10. The molecule has 3 aromatic rings. The van der Waals surface area contributed by atoms with Gasteiger partial charge in [-0.15, -0.1) is 0 Å². The second kappa shape index (κ2) is 7.23. The zero-order chi connectivity index (χ0) is 17.6. The van der Waals surface area contributed by atoms with Crippen LogP contribution in [-0.2, 0) is 0 Å². The third-order valence-electron chi connectivity index (χ3n) is 3.45. The van der Waals surface area contributed by atoms with Gasteiger partial charge in [-0.3, -0.25) is 9.78 Å². The molecule has 0 unspecified atom stereocenters. The molecule has 0 aliphatic carbocycles. The van der Waals surface area contributed by atoms with Gasteiger partial charge in [-0.2, -0.15) is 5.26 Å². The third-order valence-corrected chi connectivity index (χ3v) is 3.45.